The Bertz CT molecular complexity index is 1360. The molecule has 33 heavy (non-hydrogen) atoms. The van der Waals surface area contributed by atoms with Crippen molar-refractivity contribution in [3.8, 4) is 10.4 Å². The van der Waals surface area contributed by atoms with Gasteiger partial charge in [0.15, 0.2) is 4.96 Å². The first-order chi connectivity index (χ1) is 15.9. The van der Waals surface area contributed by atoms with E-state index in [1.807, 2.05) is 25.4 Å². The molecular formula is C23H22FN5O2S2. The number of hydrogen-bond donors (Lipinski definition) is 1. The zero-order valence-electron chi connectivity index (χ0n) is 18.2. The third kappa shape index (κ3) is 4.04. The molecule has 4 heterocycles. The van der Waals surface area contributed by atoms with E-state index in [1.54, 1.807) is 27.5 Å². The summed E-state index contributed by atoms with van der Waals surface area (Å²) in [5, 5.41) is 5.67. The third-order valence-electron chi connectivity index (χ3n) is 5.75. The molecule has 1 fully saturated rings. The number of benzene rings is 1. The summed E-state index contributed by atoms with van der Waals surface area (Å²) in [4.78, 5) is 38.3. The van der Waals surface area contributed by atoms with Crippen molar-refractivity contribution in [3.63, 3.8) is 0 Å². The van der Waals surface area contributed by atoms with Crippen LogP contribution in [0.1, 0.15) is 44.5 Å². The molecule has 4 aromatic rings. The molecule has 3 aromatic heterocycles. The minimum absolute atomic E-state index is 0.185. The number of halogens is 1. The van der Waals surface area contributed by atoms with Gasteiger partial charge in [0, 0.05) is 36.3 Å². The summed E-state index contributed by atoms with van der Waals surface area (Å²) in [6, 6.07) is 6.23. The number of hydrogen-bond acceptors (Lipinski definition) is 6. The number of thiazole rings is 2. The lowest BCUT2D eigenvalue weighted by atomic mass is 10.0. The minimum atomic E-state index is -0.380. The number of amides is 2. The normalized spacial score (nSPS) is 16.3. The summed E-state index contributed by atoms with van der Waals surface area (Å²) >= 11 is 2.79. The Kier molecular flexibility index (Phi) is 5.71. The Labute approximate surface area is 197 Å². The molecule has 0 radical (unpaired) electrons. The third-order valence-corrected chi connectivity index (χ3v) is 7.51. The number of carbonyl (C=O) groups excluding carboxylic acids is 2. The average Bonchev–Trinajstić information content (AvgIpc) is 3.47. The quantitative estimate of drug-likeness (QED) is 0.469. The zero-order chi connectivity index (χ0) is 23.1. The Balaban J connectivity index is 1.35. The van der Waals surface area contributed by atoms with Crippen LogP contribution < -0.4 is 5.32 Å². The van der Waals surface area contributed by atoms with Crippen molar-refractivity contribution in [2.45, 2.75) is 32.7 Å². The van der Waals surface area contributed by atoms with Gasteiger partial charge < -0.3 is 10.2 Å². The lowest BCUT2D eigenvalue weighted by Crippen LogP contribution is -2.50. The van der Waals surface area contributed by atoms with Gasteiger partial charge in [-0.1, -0.05) is 18.2 Å². The smallest absolute Gasteiger partial charge is 0.274 e. The molecule has 0 unspecified atom stereocenters. The van der Waals surface area contributed by atoms with Crippen molar-refractivity contribution in [3.05, 3.63) is 63.7 Å². The first-order valence-electron chi connectivity index (χ1n) is 10.7. The molecule has 1 aliphatic rings. The molecule has 1 aliphatic heterocycles. The summed E-state index contributed by atoms with van der Waals surface area (Å²) in [5.41, 5.74) is 1.84. The van der Waals surface area contributed by atoms with E-state index in [9.17, 15) is 14.0 Å². The van der Waals surface area contributed by atoms with Crippen molar-refractivity contribution in [1.29, 1.82) is 0 Å². The summed E-state index contributed by atoms with van der Waals surface area (Å²) in [7, 11) is 0. The monoisotopic (exact) mass is 483 g/mol. The molecule has 1 saturated heterocycles. The average molecular weight is 484 g/mol. The number of aromatic nitrogens is 3. The molecule has 1 N–H and O–H groups in total. The molecule has 170 valence electrons. The largest absolute Gasteiger partial charge is 0.346 e. The van der Waals surface area contributed by atoms with Gasteiger partial charge in [0.1, 0.15) is 17.2 Å². The first-order valence-corrected chi connectivity index (χ1v) is 12.4. The van der Waals surface area contributed by atoms with Crippen molar-refractivity contribution < 1.29 is 14.0 Å². The van der Waals surface area contributed by atoms with Crippen LogP contribution in [-0.4, -0.2) is 50.2 Å². The Morgan fingerprint density at radius 1 is 1.21 bits per heavy atom. The van der Waals surface area contributed by atoms with Gasteiger partial charge in [-0.15, -0.1) is 22.7 Å². The maximum Gasteiger partial charge on any atom is 0.274 e. The highest BCUT2D eigenvalue weighted by Crippen LogP contribution is 2.33. The van der Waals surface area contributed by atoms with E-state index in [1.165, 1.54) is 28.7 Å². The summed E-state index contributed by atoms with van der Waals surface area (Å²) in [6.45, 7) is 4.58. The summed E-state index contributed by atoms with van der Waals surface area (Å²) in [5.74, 6) is -0.818. The first kappa shape index (κ1) is 21.7. The fraction of sp³-hybridized carbons (Fsp3) is 0.304. The van der Waals surface area contributed by atoms with Crippen LogP contribution >= 0.6 is 22.7 Å². The Morgan fingerprint density at radius 2 is 2.03 bits per heavy atom. The van der Waals surface area contributed by atoms with Crippen LogP contribution in [0.3, 0.4) is 0 Å². The molecule has 0 saturated carbocycles. The van der Waals surface area contributed by atoms with Gasteiger partial charge in [0.2, 0.25) is 0 Å². The topological polar surface area (TPSA) is 79.6 Å². The second-order valence-electron chi connectivity index (χ2n) is 8.06. The second-order valence-corrected chi connectivity index (χ2v) is 10.1. The van der Waals surface area contributed by atoms with Gasteiger partial charge in [0.05, 0.1) is 15.6 Å². The number of carbonyl (C=O) groups is 2. The maximum absolute atomic E-state index is 14.4. The standard InChI is InChI=1S/C23H22FN5O2S2/c1-13-19(29-10-11-32-23(29)25-13)21(30)27-15-6-5-9-28(12-15)22(31)18-20(33-14(2)26-18)16-7-3-4-8-17(16)24/h3-4,7-8,10-11,15H,5-6,9,12H2,1-2H3,(H,27,30)/t15-/m1/s1. The zero-order valence-corrected chi connectivity index (χ0v) is 19.8. The minimum Gasteiger partial charge on any atom is -0.346 e. The predicted octanol–water partition coefficient (Wildman–Crippen LogP) is 4.31. The predicted molar refractivity (Wildman–Crippen MR) is 126 cm³/mol. The molecule has 1 aromatic carbocycles. The maximum atomic E-state index is 14.4. The van der Waals surface area contributed by atoms with E-state index in [0.29, 0.717) is 39.9 Å². The molecule has 7 nitrogen and oxygen atoms in total. The molecular weight excluding hydrogens is 461 g/mol. The Hall–Kier alpha value is -3.11. The van der Waals surface area contributed by atoms with Crippen LogP contribution in [0.25, 0.3) is 15.4 Å². The van der Waals surface area contributed by atoms with E-state index in [4.69, 9.17) is 0 Å². The van der Waals surface area contributed by atoms with Crippen LogP contribution in [0.15, 0.2) is 35.8 Å². The lowest BCUT2D eigenvalue weighted by Gasteiger charge is -2.33. The summed E-state index contributed by atoms with van der Waals surface area (Å²) in [6.07, 6.45) is 3.37. The number of aryl methyl sites for hydroxylation is 2. The fourth-order valence-corrected chi connectivity index (χ4v) is 5.95. The highest BCUT2D eigenvalue weighted by Gasteiger charge is 2.30. The van der Waals surface area contributed by atoms with E-state index in [0.717, 1.165) is 17.8 Å². The molecule has 0 bridgehead atoms. The number of imidazole rings is 1. The van der Waals surface area contributed by atoms with Crippen LogP contribution in [0, 0.1) is 19.7 Å². The number of rotatable bonds is 4. The van der Waals surface area contributed by atoms with Gasteiger partial charge in [-0.25, -0.2) is 14.4 Å². The van der Waals surface area contributed by atoms with Crippen LogP contribution in [0.4, 0.5) is 4.39 Å². The highest BCUT2D eigenvalue weighted by atomic mass is 32.1. The van der Waals surface area contributed by atoms with E-state index in [-0.39, 0.29) is 29.4 Å². The molecule has 2 amide bonds. The lowest BCUT2D eigenvalue weighted by molar-refractivity contribution is 0.0671. The van der Waals surface area contributed by atoms with Gasteiger partial charge in [-0.2, -0.15) is 0 Å². The SMILES string of the molecule is Cc1nc(C(=O)N2CCC[C@@H](NC(=O)c3c(C)nc4sccn34)C2)c(-c2ccccc2F)s1. The van der Waals surface area contributed by atoms with Gasteiger partial charge in [-0.05, 0) is 32.8 Å². The van der Waals surface area contributed by atoms with Gasteiger partial charge in [0.25, 0.3) is 11.8 Å². The van der Waals surface area contributed by atoms with E-state index < -0.39 is 0 Å². The molecule has 10 heteroatoms. The fourth-order valence-electron chi connectivity index (χ4n) is 4.25. The number of nitrogens with zero attached hydrogens (tertiary/aromatic N) is 4. The number of piperidine rings is 1. The van der Waals surface area contributed by atoms with Crippen LogP contribution in [-0.2, 0) is 0 Å². The molecule has 1 atom stereocenters. The van der Waals surface area contributed by atoms with E-state index >= 15 is 0 Å². The Morgan fingerprint density at radius 3 is 2.85 bits per heavy atom. The van der Waals surface area contributed by atoms with Crippen LogP contribution in [0.2, 0.25) is 0 Å². The highest BCUT2D eigenvalue weighted by molar-refractivity contribution is 7.15. The summed E-state index contributed by atoms with van der Waals surface area (Å²) < 4.78 is 16.2. The number of likely N-dealkylation sites (tertiary alicyclic amines) is 1. The van der Waals surface area contributed by atoms with Crippen molar-refractivity contribution in [2.75, 3.05) is 13.1 Å². The van der Waals surface area contributed by atoms with Crippen molar-refractivity contribution in [2.24, 2.45) is 0 Å². The second kappa shape index (κ2) is 8.68. The molecule has 0 aliphatic carbocycles. The van der Waals surface area contributed by atoms with Crippen LogP contribution in [0.5, 0.6) is 0 Å². The van der Waals surface area contributed by atoms with E-state index in [2.05, 4.69) is 15.3 Å². The number of fused-ring (bicyclic) bond motifs is 1. The van der Waals surface area contributed by atoms with Crippen molar-refractivity contribution in [1.82, 2.24) is 24.6 Å². The number of nitrogens with one attached hydrogen (secondary N) is 1. The van der Waals surface area contributed by atoms with Gasteiger partial charge >= 0.3 is 0 Å². The van der Waals surface area contributed by atoms with Gasteiger partial charge in [-0.3, -0.25) is 14.0 Å². The molecule has 5 rings (SSSR count). The molecule has 0 spiro atoms. The van der Waals surface area contributed by atoms with Crippen molar-refractivity contribution >= 4 is 39.4 Å².